The third-order valence-electron chi connectivity index (χ3n) is 3.22. The Morgan fingerprint density at radius 2 is 2.00 bits per heavy atom. The fraction of sp³-hybridized carbons (Fsp3) is 0.250. The Bertz CT molecular complexity index is 809. The molecular weight excluding hydrogens is 339 g/mol. The minimum atomic E-state index is -4.45. The molecule has 0 spiro atoms. The monoisotopic (exact) mass is 353 g/mol. The number of hydrogen-bond donors (Lipinski definition) is 1. The number of nitrogens with zero attached hydrogens (tertiary/aromatic N) is 2. The van der Waals surface area contributed by atoms with E-state index in [4.69, 9.17) is 4.74 Å². The highest BCUT2D eigenvalue weighted by atomic mass is 32.1. The van der Waals surface area contributed by atoms with Crippen molar-refractivity contribution < 1.29 is 17.9 Å². The predicted octanol–water partition coefficient (Wildman–Crippen LogP) is 5.01. The topological polar surface area (TPSA) is 50.8 Å². The molecule has 0 saturated carbocycles. The highest BCUT2D eigenvalue weighted by Crippen LogP contribution is 2.34. The molecule has 3 aromatic heterocycles. The van der Waals surface area contributed by atoms with E-state index in [9.17, 15) is 13.2 Å². The van der Waals surface area contributed by atoms with Gasteiger partial charge in [-0.1, -0.05) is 18.3 Å². The van der Waals surface area contributed by atoms with Crippen molar-refractivity contribution in [1.29, 1.82) is 0 Å². The van der Waals surface area contributed by atoms with Gasteiger partial charge >= 0.3 is 6.18 Å². The molecule has 0 fully saturated rings. The number of nitrogens with one attached hydrogen (secondary N) is 1. The average Bonchev–Trinajstić information content (AvgIpc) is 3.22. The Labute approximate surface area is 140 Å². The molecule has 0 bridgehead atoms. The SMILES string of the molecule is CCCOc1ccc(-c2ccc(-c3cc(C(F)(F)F)[nH]n3)nc2)s1. The minimum Gasteiger partial charge on any atom is -0.484 e. The van der Waals surface area contributed by atoms with Crippen LogP contribution in [0.25, 0.3) is 21.8 Å². The maximum absolute atomic E-state index is 12.6. The van der Waals surface area contributed by atoms with Gasteiger partial charge in [-0.3, -0.25) is 10.1 Å². The van der Waals surface area contributed by atoms with E-state index in [1.54, 1.807) is 18.3 Å². The van der Waals surface area contributed by atoms with Gasteiger partial charge in [0.1, 0.15) is 11.4 Å². The van der Waals surface area contributed by atoms with Gasteiger partial charge in [-0.05, 0) is 36.8 Å². The second-order valence-electron chi connectivity index (χ2n) is 5.06. The highest BCUT2D eigenvalue weighted by molar-refractivity contribution is 7.17. The molecule has 0 aliphatic carbocycles. The smallest absolute Gasteiger partial charge is 0.432 e. The summed E-state index contributed by atoms with van der Waals surface area (Å²) in [6.07, 6.45) is -1.89. The van der Waals surface area contributed by atoms with E-state index < -0.39 is 11.9 Å². The molecule has 4 nitrogen and oxygen atoms in total. The first-order valence-corrected chi connectivity index (χ1v) is 8.11. The van der Waals surface area contributed by atoms with Crippen LogP contribution in [0.3, 0.4) is 0 Å². The van der Waals surface area contributed by atoms with Crippen LogP contribution in [0.2, 0.25) is 0 Å². The Hall–Kier alpha value is -2.35. The summed E-state index contributed by atoms with van der Waals surface area (Å²) in [6, 6.07) is 8.23. The standard InChI is InChI=1S/C16H14F3N3OS/c1-2-7-23-15-6-5-13(24-15)10-3-4-11(20-9-10)12-8-14(22-21-12)16(17,18)19/h3-6,8-9H,2,7H2,1H3,(H,21,22). The molecule has 3 aromatic rings. The molecule has 126 valence electrons. The number of aromatic amines is 1. The van der Waals surface area contributed by atoms with E-state index in [-0.39, 0.29) is 5.69 Å². The summed E-state index contributed by atoms with van der Waals surface area (Å²) in [4.78, 5) is 5.19. The lowest BCUT2D eigenvalue weighted by molar-refractivity contribution is -0.141. The fourth-order valence-corrected chi connectivity index (χ4v) is 2.91. The number of aromatic nitrogens is 3. The van der Waals surface area contributed by atoms with E-state index in [1.165, 1.54) is 11.3 Å². The van der Waals surface area contributed by atoms with Crippen molar-refractivity contribution in [3.8, 4) is 26.9 Å². The Kier molecular flexibility index (Phi) is 4.57. The Balaban J connectivity index is 1.78. The summed E-state index contributed by atoms with van der Waals surface area (Å²) in [5.74, 6) is 0. The molecule has 3 rings (SSSR count). The number of pyridine rings is 1. The molecule has 0 aliphatic heterocycles. The number of rotatable bonds is 5. The van der Waals surface area contributed by atoms with Gasteiger partial charge < -0.3 is 4.74 Å². The molecule has 0 aliphatic rings. The molecule has 0 radical (unpaired) electrons. The quantitative estimate of drug-likeness (QED) is 0.702. The van der Waals surface area contributed by atoms with E-state index >= 15 is 0 Å². The van der Waals surface area contributed by atoms with Crippen molar-refractivity contribution in [2.45, 2.75) is 19.5 Å². The van der Waals surface area contributed by atoms with Crippen molar-refractivity contribution in [2.75, 3.05) is 6.61 Å². The van der Waals surface area contributed by atoms with E-state index in [2.05, 4.69) is 10.1 Å². The zero-order valence-electron chi connectivity index (χ0n) is 12.7. The highest BCUT2D eigenvalue weighted by Gasteiger charge is 2.33. The minimum absolute atomic E-state index is 0.159. The van der Waals surface area contributed by atoms with Gasteiger partial charge in [0.05, 0.1) is 12.3 Å². The van der Waals surface area contributed by atoms with Gasteiger partial charge in [-0.15, -0.1) is 0 Å². The number of halogens is 3. The second-order valence-corrected chi connectivity index (χ2v) is 6.11. The first-order chi connectivity index (χ1) is 11.5. The zero-order valence-corrected chi connectivity index (χ0v) is 13.5. The molecule has 0 amide bonds. The van der Waals surface area contributed by atoms with Crippen LogP contribution in [-0.2, 0) is 6.18 Å². The first kappa shape index (κ1) is 16.5. The van der Waals surface area contributed by atoms with Crippen molar-refractivity contribution in [3.05, 3.63) is 42.2 Å². The zero-order chi connectivity index (χ0) is 17.2. The van der Waals surface area contributed by atoms with Gasteiger partial charge in [-0.2, -0.15) is 18.3 Å². The Morgan fingerprint density at radius 1 is 1.17 bits per heavy atom. The number of H-pyrrole nitrogens is 1. The van der Waals surface area contributed by atoms with E-state index in [1.807, 2.05) is 24.2 Å². The molecule has 24 heavy (non-hydrogen) atoms. The number of ether oxygens (including phenoxy) is 1. The maximum atomic E-state index is 12.6. The summed E-state index contributed by atoms with van der Waals surface area (Å²) in [6.45, 7) is 2.70. The van der Waals surface area contributed by atoms with Crippen LogP contribution in [0.15, 0.2) is 36.5 Å². The summed E-state index contributed by atoms with van der Waals surface area (Å²) >= 11 is 1.50. The molecule has 8 heteroatoms. The fourth-order valence-electron chi connectivity index (χ4n) is 2.04. The van der Waals surface area contributed by atoms with Gasteiger partial charge in [0.2, 0.25) is 0 Å². The summed E-state index contributed by atoms with van der Waals surface area (Å²) < 4.78 is 43.3. The third kappa shape index (κ3) is 3.59. The predicted molar refractivity (Wildman–Crippen MR) is 85.9 cm³/mol. The lowest BCUT2D eigenvalue weighted by atomic mass is 10.2. The normalized spacial score (nSPS) is 11.7. The van der Waals surface area contributed by atoms with Gasteiger partial charge in [-0.25, -0.2) is 0 Å². The molecule has 0 atom stereocenters. The second kappa shape index (κ2) is 6.64. The molecule has 3 heterocycles. The van der Waals surface area contributed by atoms with Crippen LogP contribution in [-0.4, -0.2) is 21.8 Å². The largest absolute Gasteiger partial charge is 0.484 e. The van der Waals surface area contributed by atoms with Crippen LogP contribution in [0.4, 0.5) is 13.2 Å². The van der Waals surface area contributed by atoms with E-state index in [0.717, 1.165) is 28.0 Å². The first-order valence-electron chi connectivity index (χ1n) is 7.29. The van der Waals surface area contributed by atoms with Crippen molar-refractivity contribution in [3.63, 3.8) is 0 Å². The number of hydrogen-bond acceptors (Lipinski definition) is 4. The van der Waals surface area contributed by atoms with Gasteiger partial charge in [0.15, 0.2) is 5.06 Å². The van der Waals surface area contributed by atoms with Crippen molar-refractivity contribution in [2.24, 2.45) is 0 Å². The summed E-state index contributed by atoms with van der Waals surface area (Å²) in [5.41, 5.74) is 0.526. The van der Waals surface area contributed by atoms with Crippen molar-refractivity contribution >= 4 is 11.3 Å². The van der Waals surface area contributed by atoms with Crippen molar-refractivity contribution in [1.82, 2.24) is 15.2 Å². The van der Waals surface area contributed by atoms with Crippen LogP contribution in [0.1, 0.15) is 19.0 Å². The lowest BCUT2D eigenvalue weighted by Crippen LogP contribution is -2.04. The molecule has 1 N–H and O–H groups in total. The van der Waals surface area contributed by atoms with Crippen LogP contribution < -0.4 is 4.74 Å². The van der Waals surface area contributed by atoms with Crippen LogP contribution in [0, 0.1) is 0 Å². The summed E-state index contributed by atoms with van der Waals surface area (Å²) in [7, 11) is 0. The van der Waals surface area contributed by atoms with E-state index in [0.29, 0.717) is 12.3 Å². The summed E-state index contributed by atoms with van der Waals surface area (Å²) in [5, 5.41) is 6.48. The maximum Gasteiger partial charge on any atom is 0.432 e. The van der Waals surface area contributed by atoms with Gasteiger partial charge in [0.25, 0.3) is 0 Å². The number of thiophene rings is 1. The number of alkyl halides is 3. The molecule has 0 aromatic carbocycles. The lowest BCUT2D eigenvalue weighted by Gasteiger charge is -2.01. The molecular formula is C16H14F3N3OS. The third-order valence-corrected chi connectivity index (χ3v) is 4.27. The van der Waals surface area contributed by atoms with Crippen LogP contribution >= 0.6 is 11.3 Å². The Morgan fingerprint density at radius 3 is 2.62 bits per heavy atom. The van der Waals surface area contributed by atoms with Gasteiger partial charge in [0, 0.05) is 16.6 Å². The van der Waals surface area contributed by atoms with Crippen LogP contribution in [0.5, 0.6) is 5.06 Å². The average molecular weight is 353 g/mol. The molecule has 0 saturated heterocycles. The molecule has 0 unspecified atom stereocenters.